The Hall–Kier alpha value is -1.91. The van der Waals surface area contributed by atoms with Gasteiger partial charge in [0.25, 0.3) is 0 Å². The highest BCUT2D eigenvalue weighted by Crippen LogP contribution is 2.60. The second-order valence-electron chi connectivity index (χ2n) is 6.28. The lowest BCUT2D eigenvalue weighted by molar-refractivity contribution is -0.389. The molecule has 0 saturated heterocycles. The Bertz CT molecular complexity index is 921. The molecule has 1 unspecified atom stereocenters. The fraction of sp³-hybridized carbons (Fsp3) is 0.368. The van der Waals surface area contributed by atoms with Gasteiger partial charge in [-0.1, -0.05) is 47.1 Å². The van der Waals surface area contributed by atoms with Gasteiger partial charge in [-0.3, -0.25) is 0 Å². The van der Waals surface area contributed by atoms with Crippen molar-refractivity contribution in [1.29, 1.82) is 0 Å². The molecule has 0 N–H and O–H groups in total. The van der Waals surface area contributed by atoms with Gasteiger partial charge in [0.15, 0.2) is 0 Å². The molecule has 0 amide bonds. The highest BCUT2D eigenvalue weighted by molar-refractivity contribution is 9.10. The molecule has 0 spiro atoms. The molecule has 11 heteroatoms. The number of para-hydroxylation sites is 1. The fourth-order valence-electron chi connectivity index (χ4n) is 2.96. The Morgan fingerprint density at radius 2 is 1.43 bits per heavy atom. The first-order valence-corrected chi connectivity index (χ1v) is 9.09. The molecule has 0 aliphatic heterocycles. The van der Waals surface area contributed by atoms with Crippen molar-refractivity contribution in [3.8, 4) is 16.9 Å². The maximum atomic E-state index is 15.3. The van der Waals surface area contributed by atoms with Crippen molar-refractivity contribution in [3.63, 3.8) is 0 Å². The summed E-state index contributed by atoms with van der Waals surface area (Å²) in [5.41, 5.74) is -9.14. The molecule has 2 aromatic carbocycles. The van der Waals surface area contributed by atoms with Crippen LogP contribution >= 0.6 is 15.9 Å². The van der Waals surface area contributed by atoms with Gasteiger partial charge in [0.2, 0.25) is 0 Å². The van der Waals surface area contributed by atoms with Crippen molar-refractivity contribution in [1.82, 2.24) is 0 Å². The van der Waals surface area contributed by atoms with E-state index in [0.29, 0.717) is 6.07 Å². The number of alkyl halides is 9. The van der Waals surface area contributed by atoms with Crippen LogP contribution in [0.1, 0.15) is 18.1 Å². The van der Waals surface area contributed by atoms with Gasteiger partial charge >= 0.3 is 23.9 Å². The molecule has 2 rings (SSSR count). The van der Waals surface area contributed by atoms with Gasteiger partial charge in [0.05, 0.1) is 7.11 Å². The molecule has 0 aliphatic carbocycles. The van der Waals surface area contributed by atoms with Crippen molar-refractivity contribution in [2.75, 3.05) is 7.11 Å². The normalized spacial score (nSPS) is 15.1. The predicted octanol–water partition coefficient (Wildman–Crippen LogP) is 7.61. The summed E-state index contributed by atoms with van der Waals surface area (Å²) in [6, 6.07) is 6.64. The van der Waals surface area contributed by atoms with Crippen molar-refractivity contribution in [2.24, 2.45) is 0 Å². The van der Waals surface area contributed by atoms with Crippen LogP contribution in [0.5, 0.6) is 5.75 Å². The zero-order chi connectivity index (χ0) is 23.1. The van der Waals surface area contributed by atoms with Crippen molar-refractivity contribution in [2.45, 2.75) is 37.3 Å². The molecule has 0 radical (unpaired) electrons. The van der Waals surface area contributed by atoms with Crippen molar-refractivity contribution in [3.05, 3.63) is 52.0 Å². The molecular weight excluding hydrogens is 495 g/mol. The van der Waals surface area contributed by atoms with Crippen LogP contribution in [0.2, 0.25) is 0 Å². The second kappa shape index (κ2) is 7.97. The molecule has 1 atom stereocenters. The van der Waals surface area contributed by atoms with Crippen LogP contribution in [0.3, 0.4) is 0 Å². The SMILES string of the molecule is CCc1cc(Br)c(-c2ccccc2OC)c(C(F)(C(F)(F)F)C(F)(F)C(F)(F)F)c1. The van der Waals surface area contributed by atoms with E-state index in [-0.39, 0.29) is 27.8 Å². The average Bonchev–Trinajstić information content (AvgIpc) is 2.64. The molecule has 0 aromatic heterocycles. The summed E-state index contributed by atoms with van der Waals surface area (Å²) in [5.74, 6) is -6.93. The van der Waals surface area contributed by atoms with Gasteiger partial charge in [-0.15, -0.1) is 0 Å². The van der Waals surface area contributed by atoms with E-state index in [4.69, 9.17) is 4.74 Å². The maximum Gasteiger partial charge on any atom is 0.457 e. The lowest BCUT2D eigenvalue weighted by Gasteiger charge is -2.37. The topological polar surface area (TPSA) is 9.23 Å². The number of rotatable bonds is 5. The molecule has 0 bridgehead atoms. The smallest absolute Gasteiger partial charge is 0.457 e. The van der Waals surface area contributed by atoms with Crippen LogP contribution < -0.4 is 4.74 Å². The summed E-state index contributed by atoms with van der Waals surface area (Å²) in [4.78, 5) is 0. The van der Waals surface area contributed by atoms with Crippen LogP contribution in [0.25, 0.3) is 11.1 Å². The average molecular weight is 509 g/mol. The van der Waals surface area contributed by atoms with E-state index < -0.39 is 35.1 Å². The Morgan fingerprint density at radius 1 is 0.867 bits per heavy atom. The first-order valence-electron chi connectivity index (χ1n) is 8.29. The summed E-state index contributed by atoms with van der Waals surface area (Å²) in [6.45, 7) is 1.42. The predicted molar refractivity (Wildman–Crippen MR) is 95.4 cm³/mol. The molecular formula is C19H14BrF9O. The number of methoxy groups -OCH3 is 1. The van der Waals surface area contributed by atoms with Crippen LogP contribution in [-0.4, -0.2) is 25.4 Å². The Labute approximate surface area is 174 Å². The Balaban J connectivity index is 3.08. The van der Waals surface area contributed by atoms with Crippen LogP contribution in [0, 0.1) is 0 Å². The highest BCUT2D eigenvalue weighted by Gasteiger charge is 2.82. The van der Waals surface area contributed by atoms with Gasteiger partial charge in [-0.25, -0.2) is 4.39 Å². The van der Waals surface area contributed by atoms with Gasteiger partial charge in [0.1, 0.15) is 5.75 Å². The zero-order valence-electron chi connectivity index (χ0n) is 15.4. The first-order chi connectivity index (χ1) is 13.6. The van der Waals surface area contributed by atoms with E-state index in [1.54, 1.807) is 0 Å². The van der Waals surface area contributed by atoms with Crippen molar-refractivity contribution >= 4 is 15.9 Å². The van der Waals surface area contributed by atoms with E-state index in [1.807, 2.05) is 0 Å². The van der Waals surface area contributed by atoms with E-state index in [2.05, 4.69) is 15.9 Å². The van der Waals surface area contributed by atoms with E-state index in [0.717, 1.165) is 13.2 Å². The minimum absolute atomic E-state index is 0.0523. The maximum absolute atomic E-state index is 15.3. The Kier molecular flexibility index (Phi) is 6.47. The second-order valence-corrected chi connectivity index (χ2v) is 7.14. The van der Waals surface area contributed by atoms with Crippen molar-refractivity contribution < 1.29 is 44.3 Å². The molecule has 30 heavy (non-hydrogen) atoms. The lowest BCUT2D eigenvalue weighted by Crippen LogP contribution is -2.60. The van der Waals surface area contributed by atoms with Gasteiger partial charge in [-0.05, 0) is 24.1 Å². The Morgan fingerprint density at radius 3 is 1.90 bits per heavy atom. The third kappa shape index (κ3) is 3.76. The zero-order valence-corrected chi connectivity index (χ0v) is 16.9. The number of ether oxygens (including phenoxy) is 1. The number of halogens is 10. The summed E-state index contributed by atoms with van der Waals surface area (Å²) in [7, 11) is 1.11. The number of aryl methyl sites for hydroxylation is 1. The van der Waals surface area contributed by atoms with Gasteiger partial charge in [-0.2, -0.15) is 35.1 Å². The molecule has 0 saturated carbocycles. The van der Waals surface area contributed by atoms with Crippen LogP contribution in [0.4, 0.5) is 39.5 Å². The fourth-order valence-corrected chi connectivity index (χ4v) is 3.68. The monoisotopic (exact) mass is 508 g/mol. The highest BCUT2D eigenvalue weighted by atomic mass is 79.9. The number of hydrogen-bond acceptors (Lipinski definition) is 1. The van der Waals surface area contributed by atoms with Crippen LogP contribution in [0.15, 0.2) is 40.9 Å². The number of hydrogen-bond donors (Lipinski definition) is 0. The minimum Gasteiger partial charge on any atom is -0.496 e. The van der Waals surface area contributed by atoms with E-state index in [1.165, 1.54) is 31.2 Å². The minimum atomic E-state index is -6.82. The van der Waals surface area contributed by atoms with Gasteiger partial charge < -0.3 is 4.74 Å². The largest absolute Gasteiger partial charge is 0.496 e. The third-order valence-corrected chi connectivity index (χ3v) is 5.11. The summed E-state index contributed by atoms with van der Waals surface area (Å²) in [5, 5.41) is 0. The van der Waals surface area contributed by atoms with E-state index >= 15 is 4.39 Å². The van der Waals surface area contributed by atoms with E-state index in [9.17, 15) is 35.1 Å². The first kappa shape index (κ1) is 24.4. The summed E-state index contributed by atoms with van der Waals surface area (Å²) in [6.07, 6.45) is -13.5. The third-order valence-electron chi connectivity index (χ3n) is 4.49. The number of benzene rings is 2. The quantitative estimate of drug-likeness (QED) is 0.377. The molecule has 0 aliphatic rings. The molecule has 166 valence electrons. The molecule has 0 fully saturated rings. The molecule has 0 heterocycles. The summed E-state index contributed by atoms with van der Waals surface area (Å²) < 4.78 is 128. The standard InChI is InChI=1S/C19H14BrF9O/c1-3-10-8-12(16(21,18(24,25)26)17(22,23)19(27,28)29)15(13(20)9-10)11-6-4-5-7-14(11)30-2/h4-9H,3H2,1-2H3. The van der Waals surface area contributed by atoms with Crippen LogP contribution in [-0.2, 0) is 12.1 Å². The molecule has 2 aromatic rings. The molecule has 1 nitrogen and oxygen atoms in total. The van der Waals surface area contributed by atoms with Gasteiger partial charge in [0, 0.05) is 21.2 Å². The summed E-state index contributed by atoms with van der Waals surface area (Å²) >= 11 is 2.90. The lowest BCUT2D eigenvalue weighted by atomic mass is 9.81.